The van der Waals surface area contributed by atoms with E-state index in [9.17, 15) is 19.5 Å². The zero-order valence-corrected chi connectivity index (χ0v) is 21.4. The van der Waals surface area contributed by atoms with Crippen LogP contribution in [0.4, 0.5) is 4.79 Å². The molecule has 196 valence electrons. The molecule has 3 N–H and O–H groups in total. The number of carbonyl (C=O) groups is 3. The van der Waals surface area contributed by atoms with E-state index < -0.39 is 41.1 Å². The van der Waals surface area contributed by atoms with Crippen molar-refractivity contribution in [3.05, 3.63) is 47.5 Å². The lowest BCUT2D eigenvalue weighted by Crippen LogP contribution is -2.56. The third kappa shape index (κ3) is 7.27. The number of ether oxygens (including phenoxy) is 2. The minimum absolute atomic E-state index is 0.101. The predicted molar refractivity (Wildman–Crippen MR) is 130 cm³/mol. The van der Waals surface area contributed by atoms with Crippen LogP contribution in [0.25, 0.3) is 0 Å². The highest BCUT2D eigenvalue weighted by Crippen LogP contribution is 2.24. The van der Waals surface area contributed by atoms with Crippen LogP contribution in [0.3, 0.4) is 0 Å². The van der Waals surface area contributed by atoms with Gasteiger partial charge in [0.25, 0.3) is 0 Å². The molecule has 2 amide bonds. The number of carboxylic acid groups (broad SMARTS) is 1. The molecule has 3 rings (SSSR count). The molecule has 1 aromatic heterocycles. The van der Waals surface area contributed by atoms with Crippen LogP contribution in [0.15, 0.2) is 30.3 Å². The number of aromatic nitrogens is 3. The summed E-state index contributed by atoms with van der Waals surface area (Å²) in [5, 5.41) is 23.4. The summed E-state index contributed by atoms with van der Waals surface area (Å²) in [5.41, 5.74) is -1.03. The molecule has 0 aliphatic carbocycles. The first-order valence-corrected chi connectivity index (χ1v) is 11.9. The molecule has 1 aliphatic rings. The first-order valence-electron chi connectivity index (χ1n) is 11.9. The Morgan fingerprint density at radius 2 is 1.83 bits per heavy atom. The van der Waals surface area contributed by atoms with Crippen LogP contribution in [-0.2, 0) is 38.6 Å². The first-order chi connectivity index (χ1) is 16.9. The molecule has 2 atom stereocenters. The number of benzene rings is 1. The standard InChI is InChI=1S/C25H35N5O6/c1-24(2,3)36-23(34)27-25(4,5)22(33)26-18(15-35-14-16-9-7-6-8-10-16)20-29-28-19-13-17(21(31)32)11-12-30(19)20/h6-10,17-18H,11-15H2,1-5H3,(H,26,33)(H,27,34)(H,31,32)/t17?,18-/m1/s1. The number of rotatable bonds is 9. The van der Waals surface area contributed by atoms with E-state index in [2.05, 4.69) is 20.8 Å². The molecule has 0 radical (unpaired) electrons. The van der Waals surface area contributed by atoms with Gasteiger partial charge in [0.05, 0.1) is 19.1 Å². The number of aliphatic carboxylic acids is 1. The fourth-order valence-corrected chi connectivity index (χ4v) is 3.82. The highest BCUT2D eigenvalue weighted by atomic mass is 16.6. The molecule has 0 spiro atoms. The minimum Gasteiger partial charge on any atom is -0.481 e. The Labute approximate surface area is 210 Å². The molecule has 0 bridgehead atoms. The molecule has 0 saturated heterocycles. The summed E-state index contributed by atoms with van der Waals surface area (Å²) in [6.07, 6.45) is -0.0106. The zero-order chi connectivity index (χ0) is 26.5. The highest BCUT2D eigenvalue weighted by Gasteiger charge is 2.36. The monoisotopic (exact) mass is 501 g/mol. The smallest absolute Gasteiger partial charge is 0.408 e. The van der Waals surface area contributed by atoms with Crippen molar-refractivity contribution in [2.75, 3.05) is 6.61 Å². The van der Waals surface area contributed by atoms with E-state index in [1.165, 1.54) is 0 Å². The minimum atomic E-state index is -1.29. The molecular formula is C25H35N5O6. The number of nitrogens with zero attached hydrogens (tertiary/aromatic N) is 3. The maximum atomic E-state index is 13.2. The van der Waals surface area contributed by atoms with Gasteiger partial charge in [-0.1, -0.05) is 30.3 Å². The van der Waals surface area contributed by atoms with Crippen LogP contribution < -0.4 is 10.6 Å². The van der Waals surface area contributed by atoms with Crippen LogP contribution in [0.2, 0.25) is 0 Å². The summed E-state index contributed by atoms with van der Waals surface area (Å²) in [6.45, 7) is 9.21. The number of hydrogen-bond donors (Lipinski definition) is 3. The van der Waals surface area contributed by atoms with E-state index >= 15 is 0 Å². The van der Waals surface area contributed by atoms with Crippen LogP contribution in [0.5, 0.6) is 0 Å². The second-order valence-corrected chi connectivity index (χ2v) is 10.4. The van der Waals surface area contributed by atoms with Gasteiger partial charge in [-0.2, -0.15) is 0 Å². The first kappa shape index (κ1) is 27.1. The Balaban J connectivity index is 1.76. The van der Waals surface area contributed by atoms with Crippen molar-refractivity contribution in [3.63, 3.8) is 0 Å². The molecule has 1 aliphatic heterocycles. The normalized spacial score (nSPS) is 16.5. The van der Waals surface area contributed by atoms with Crippen molar-refractivity contribution in [2.45, 2.75) is 77.8 Å². The van der Waals surface area contributed by atoms with Gasteiger partial charge in [0.15, 0.2) is 5.82 Å². The number of fused-ring (bicyclic) bond motifs is 1. The van der Waals surface area contributed by atoms with E-state index in [1.807, 2.05) is 34.9 Å². The fraction of sp³-hybridized carbons (Fsp3) is 0.560. The molecular weight excluding hydrogens is 466 g/mol. The van der Waals surface area contributed by atoms with E-state index in [0.29, 0.717) is 31.2 Å². The average Bonchev–Trinajstić information content (AvgIpc) is 3.20. The van der Waals surface area contributed by atoms with Gasteiger partial charge < -0.3 is 29.8 Å². The van der Waals surface area contributed by atoms with Crippen molar-refractivity contribution in [3.8, 4) is 0 Å². The lowest BCUT2D eigenvalue weighted by Gasteiger charge is -2.30. The summed E-state index contributed by atoms with van der Waals surface area (Å²) < 4.78 is 13.0. The second-order valence-electron chi connectivity index (χ2n) is 10.4. The summed E-state index contributed by atoms with van der Waals surface area (Å²) >= 11 is 0. The third-order valence-electron chi connectivity index (χ3n) is 5.73. The summed E-state index contributed by atoms with van der Waals surface area (Å²) in [5.74, 6) is -0.815. The van der Waals surface area contributed by atoms with Crippen molar-refractivity contribution >= 4 is 18.0 Å². The number of amides is 2. The van der Waals surface area contributed by atoms with Crippen molar-refractivity contribution in [1.29, 1.82) is 0 Å². The SMILES string of the molecule is CC(C)(C)OC(=O)NC(C)(C)C(=O)N[C@H](COCc1ccccc1)c1nnc2n1CCC(C(=O)O)C2. The molecule has 2 aromatic rings. The lowest BCUT2D eigenvalue weighted by molar-refractivity contribution is -0.142. The molecule has 2 heterocycles. The topological polar surface area (TPSA) is 145 Å². The Morgan fingerprint density at radius 1 is 1.14 bits per heavy atom. The van der Waals surface area contributed by atoms with E-state index in [-0.39, 0.29) is 13.0 Å². The lowest BCUT2D eigenvalue weighted by atomic mass is 9.98. The van der Waals surface area contributed by atoms with E-state index in [1.54, 1.807) is 34.6 Å². The van der Waals surface area contributed by atoms with Crippen molar-refractivity contribution in [1.82, 2.24) is 25.4 Å². The van der Waals surface area contributed by atoms with E-state index in [0.717, 1.165) is 5.56 Å². The molecule has 11 nitrogen and oxygen atoms in total. The van der Waals surface area contributed by atoms with Gasteiger partial charge in [-0.3, -0.25) is 9.59 Å². The van der Waals surface area contributed by atoms with Gasteiger partial charge in [0.1, 0.15) is 23.0 Å². The van der Waals surface area contributed by atoms with Gasteiger partial charge in [-0.05, 0) is 46.6 Å². The largest absolute Gasteiger partial charge is 0.481 e. The van der Waals surface area contributed by atoms with Crippen molar-refractivity contribution < 1.29 is 29.0 Å². The summed E-state index contributed by atoms with van der Waals surface area (Å²) in [4.78, 5) is 37.0. The van der Waals surface area contributed by atoms with Gasteiger partial charge in [0, 0.05) is 13.0 Å². The van der Waals surface area contributed by atoms with Gasteiger partial charge >= 0.3 is 12.1 Å². The van der Waals surface area contributed by atoms with Gasteiger partial charge in [0.2, 0.25) is 5.91 Å². The van der Waals surface area contributed by atoms with Crippen LogP contribution in [0.1, 0.15) is 64.3 Å². The third-order valence-corrected chi connectivity index (χ3v) is 5.73. The summed E-state index contributed by atoms with van der Waals surface area (Å²) in [6, 6.07) is 8.94. The summed E-state index contributed by atoms with van der Waals surface area (Å²) in [7, 11) is 0. The molecule has 36 heavy (non-hydrogen) atoms. The molecule has 11 heteroatoms. The molecule has 1 unspecified atom stereocenters. The Kier molecular flexibility index (Phi) is 8.34. The number of alkyl carbamates (subject to hydrolysis) is 1. The Hall–Kier alpha value is -3.47. The zero-order valence-electron chi connectivity index (χ0n) is 21.4. The van der Waals surface area contributed by atoms with Gasteiger partial charge in [-0.15, -0.1) is 10.2 Å². The number of carbonyl (C=O) groups excluding carboxylic acids is 2. The molecule has 0 saturated carbocycles. The Morgan fingerprint density at radius 3 is 2.47 bits per heavy atom. The average molecular weight is 502 g/mol. The quantitative estimate of drug-likeness (QED) is 0.475. The maximum Gasteiger partial charge on any atom is 0.408 e. The van der Waals surface area contributed by atoms with Crippen LogP contribution in [-0.4, -0.2) is 55.6 Å². The number of hydrogen-bond acceptors (Lipinski definition) is 7. The fourth-order valence-electron chi connectivity index (χ4n) is 3.82. The Bertz CT molecular complexity index is 1080. The van der Waals surface area contributed by atoms with E-state index in [4.69, 9.17) is 9.47 Å². The van der Waals surface area contributed by atoms with Crippen LogP contribution in [0, 0.1) is 5.92 Å². The number of nitrogens with one attached hydrogen (secondary N) is 2. The van der Waals surface area contributed by atoms with Crippen LogP contribution >= 0.6 is 0 Å². The maximum absolute atomic E-state index is 13.2. The predicted octanol–water partition coefficient (Wildman–Crippen LogP) is 2.60. The second kappa shape index (κ2) is 11.1. The molecule has 1 aromatic carbocycles. The number of carboxylic acids is 1. The molecule has 0 fully saturated rings. The van der Waals surface area contributed by atoms with Gasteiger partial charge in [-0.25, -0.2) is 4.79 Å². The van der Waals surface area contributed by atoms with Crippen molar-refractivity contribution in [2.24, 2.45) is 5.92 Å². The highest BCUT2D eigenvalue weighted by molar-refractivity contribution is 5.89.